The van der Waals surface area contributed by atoms with Gasteiger partial charge in [-0.15, -0.1) is 24.8 Å². The van der Waals surface area contributed by atoms with Gasteiger partial charge in [-0.3, -0.25) is 14.5 Å². The van der Waals surface area contributed by atoms with Crippen LogP contribution >= 0.6 is 24.8 Å². The number of benzene rings is 1. The van der Waals surface area contributed by atoms with Crippen LogP contribution in [0.3, 0.4) is 0 Å². The lowest BCUT2D eigenvalue weighted by Crippen LogP contribution is -2.52. The second kappa shape index (κ2) is 13.5. The van der Waals surface area contributed by atoms with Crippen molar-refractivity contribution < 1.29 is 19.1 Å². The van der Waals surface area contributed by atoms with Crippen LogP contribution in [0.4, 0.5) is 0 Å². The predicted molar refractivity (Wildman–Crippen MR) is 122 cm³/mol. The van der Waals surface area contributed by atoms with Gasteiger partial charge in [0.05, 0.1) is 26.8 Å². The molecule has 30 heavy (non-hydrogen) atoms. The quantitative estimate of drug-likeness (QED) is 0.601. The van der Waals surface area contributed by atoms with E-state index in [1.165, 1.54) is 0 Å². The van der Waals surface area contributed by atoms with E-state index in [-0.39, 0.29) is 49.1 Å². The maximum Gasteiger partial charge on any atom is 0.242 e. The standard InChI is InChI=1S/C20H32N4O4.2ClH/c1-14(2)19(21)20(26)22-12-18(25)24-9-7-23(8-10-24)13-15-11-16(27-3)5-6-17(15)28-4;;/h5-6,11,14,19H,7-10,12-13,21H2,1-4H3,(H,22,26);2*1H/t19-;;/m0../s1. The van der Waals surface area contributed by atoms with Gasteiger partial charge in [-0.1, -0.05) is 13.8 Å². The van der Waals surface area contributed by atoms with Crippen LogP contribution in [-0.2, 0) is 16.1 Å². The Bertz CT molecular complexity index is 683. The number of halogens is 2. The molecule has 0 saturated carbocycles. The minimum atomic E-state index is -0.595. The van der Waals surface area contributed by atoms with E-state index in [0.29, 0.717) is 13.1 Å². The molecule has 0 aromatic heterocycles. The van der Waals surface area contributed by atoms with E-state index in [1.54, 1.807) is 19.1 Å². The lowest BCUT2D eigenvalue weighted by atomic mass is 10.1. The number of hydrogen-bond donors (Lipinski definition) is 2. The topological polar surface area (TPSA) is 97.1 Å². The van der Waals surface area contributed by atoms with Crippen molar-refractivity contribution in [1.82, 2.24) is 15.1 Å². The molecule has 1 aliphatic heterocycles. The predicted octanol–water partition coefficient (Wildman–Crippen LogP) is 1.29. The lowest BCUT2D eigenvalue weighted by molar-refractivity contribution is -0.134. The second-order valence-corrected chi connectivity index (χ2v) is 7.32. The highest BCUT2D eigenvalue weighted by Gasteiger charge is 2.23. The van der Waals surface area contributed by atoms with Crippen molar-refractivity contribution in [2.24, 2.45) is 11.7 Å². The first-order valence-corrected chi connectivity index (χ1v) is 9.60. The fraction of sp³-hybridized carbons (Fsp3) is 0.600. The number of rotatable bonds is 8. The Labute approximate surface area is 191 Å². The fourth-order valence-electron chi connectivity index (χ4n) is 3.10. The minimum absolute atomic E-state index is 0. The zero-order valence-corrected chi connectivity index (χ0v) is 19.7. The molecule has 3 N–H and O–H groups in total. The molecule has 1 fully saturated rings. The van der Waals surface area contributed by atoms with Crippen LogP contribution in [0.15, 0.2) is 18.2 Å². The van der Waals surface area contributed by atoms with E-state index < -0.39 is 6.04 Å². The summed E-state index contributed by atoms with van der Waals surface area (Å²) < 4.78 is 10.7. The van der Waals surface area contributed by atoms with Crippen LogP contribution in [0.5, 0.6) is 11.5 Å². The molecule has 172 valence electrons. The van der Waals surface area contributed by atoms with E-state index in [4.69, 9.17) is 15.2 Å². The first-order valence-electron chi connectivity index (χ1n) is 9.60. The number of nitrogens with two attached hydrogens (primary N) is 1. The van der Waals surface area contributed by atoms with Gasteiger partial charge in [-0.25, -0.2) is 0 Å². The summed E-state index contributed by atoms with van der Waals surface area (Å²) in [6.45, 7) is 7.22. The molecule has 2 amide bonds. The number of methoxy groups -OCH3 is 2. The highest BCUT2D eigenvalue weighted by atomic mass is 35.5. The fourth-order valence-corrected chi connectivity index (χ4v) is 3.10. The molecule has 1 aliphatic rings. The van der Waals surface area contributed by atoms with Crippen LogP contribution in [0, 0.1) is 5.92 Å². The molecule has 0 unspecified atom stereocenters. The summed E-state index contributed by atoms with van der Waals surface area (Å²) >= 11 is 0. The van der Waals surface area contributed by atoms with Crippen molar-refractivity contribution in [1.29, 1.82) is 0 Å². The highest BCUT2D eigenvalue weighted by molar-refractivity contribution is 5.87. The van der Waals surface area contributed by atoms with Crippen molar-refractivity contribution in [3.8, 4) is 11.5 Å². The second-order valence-electron chi connectivity index (χ2n) is 7.32. The van der Waals surface area contributed by atoms with Crippen molar-refractivity contribution in [2.75, 3.05) is 46.9 Å². The molecular weight excluding hydrogens is 431 g/mol. The van der Waals surface area contributed by atoms with E-state index in [2.05, 4.69) is 10.2 Å². The van der Waals surface area contributed by atoms with Crippen LogP contribution in [0.2, 0.25) is 0 Å². The molecule has 1 atom stereocenters. The van der Waals surface area contributed by atoms with Crippen molar-refractivity contribution in [3.05, 3.63) is 23.8 Å². The molecular formula is C20H34Cl2N4O4. The van der Waals surface area contributed by atoms with Gasteiger partial charge < -0.3 is 25.4 Å². The molecule has 0 aliphatic carbocycles. The third-order valence-corrected chi connectivity index (χ3v) is 5.04. The molecule has 0 spiro atoms. The Morgan fingerprint density at radius 2 is 1.73 bits per heavy atom. The van der Waals surface area contributed by atoms with Crippen molar-refractivity contribution >= 4 is 36.6 Å². The molecule has 8 nitrogen and oxygen atoms in total. The summed E-state index contributed by atoms with van der Waals surface area (Å²) in [6, 6.07) is 5.16. The summed E-state index contributed by atoms with van der Waals surface area (Å²) in [5, 5.41) is 2.64. The van der Waals surface area contributed by atoms with Gasteiger partial charge >= 0.3 is 0 Å². The van der Waals surface area contributed by atoms with Gasteiger partial charge in [-0.05, 0) is 24.1 Å². The van der Waals surface area contributed by atoms with E-state index in [9.17, 15) is 9.59 Å². The van der Waals surface area contributed by atoms with Crippen LogP contribution in [0.1, 0.15) is 19.4 Å². The normalized spacial score (nSPS) is 14.9. The Balaban J connectivity index is 0.00000420. The van der Waals surface area contributed by atoms with Gasteiger partial charge in [0, 0.05) is 38.3 Å². The monoisotopic (exact) mass is 464 g/mol. The third kappa shape index (κ3) is 7.83. The number of piperazine rings is 1. The summed E-state index contributed by atoms with van der Waals surface area (Å²) in [7, 11) is 3.30. The SMILES string of the molecule is COc1ccc(OC)c(CN2CCN(C(=O)CNC(=O)[C@@H](N)C(C)C)CC2)c1.Cl.Cl. The Morgan fingerprint density at radius 1 is 1.10 bits per heavy atom. The number of ether oxygens (including phenoxy) is 2. The molecule has 2 rings (SSSR count). The molecule has 1 heterocycles. The van der Waals surface area contributed by atoms with Gasteiger partial charge in [0.1, 0.15) is 11.5 Å². The Kier molecular flexibility index (Phi) is 12.8. The lowest BCUT2D eigenvalue weighted by Gasteiger charge is -2.35. The summed E-state index contributed by atoms with van der Waals surface area (Å²) in [5.41, 5.74) is 6.85. The summed E-state index contributed by atoms with van der Waals surface area (Å²) in [5.74, 6) is 1.28. The molecule has 10 heteroatoms. The van der Waals surface area contributed by atoms with Crippen LogP contribution in [-0.4, -0.2) is 74.6 Å². The molecule has 0 radical (unpaired) electrons. The Morgan fingerprint density at radius 3 is 2.27 bits per heavy atom. The van der Waals surface area contributed by atoms with Crippen LogP contribution < -0.4 is 20.5 Å². The number of amides is 2. The van der Waals surface area contributed by atoms with E-state index >= 15 is 0 Å². The van der Waals surface area contributed by atoms with Gasteiger partial charge in [-0.2, -0.15) is 0 Å². The van der Waals surface area contributed by atoms with E-state index in [0.717, 1.165) is 36.7 Å². The zero-order valence-electron chi connectivity index (χ0n) is 18.1. The maximum atomic E-state index is 12.4. The largest absolute Gasteiger partial charge is 0.497 e. The molecule has 0 bridgehead atoms. The number of nitrogens with zero attached hydrogens (tertiary/aromatic N) is 2. The van der Waals surface area contributed by atoms with Crippen LogP contribution in [0.25, 0.3) is 0 Å². The molecule has 1 saturated heterocycles. The van der Waals surface area contributed by atoms with Gasteiger partial charge in [0.25, 0.3) is 0 Å². The van der Waals surface area contributed by atoms with Crippen molar-refractivity contribution in [2.45, 2.75) is 26.4 Å². The van der Waals surface area contributed by atoms with Gasteiger partial charge in [0.2, 0.25) is 11.8 Å². The first kappa shape index (κ1) is 28.3. The molecule has 1 aromatic carbocycles. The average molecular weight is 465 g/mol. The third-order valence-electron chi connectivity index (χ3n) is 5.04. The van der Waals surface area contributed by atoms with Gasteiger partial charge in [0.15, 0.2) is 0 Å². The first-order chi connectivity index (χ1) is 13.3. The van der Waals surface area contributed by atoms with Crippen molar-refractivity contribution in [3.63, 3.8) is 0 Å². The minimum Gasteiger partial charge on any atom is -0.497 e. The smallest absolute Gasteiger partial charge is 0.242 e. The molecule has 1 aromatic rings. The number of hydrogen-bond acceptors (Lipinski definition) is 6. The zero-order chi connectivity index (χ0) is 20.7. The summed E-state index contributed by atoms with van der Waals surface area (Å²) in [6.07, 6.45) is 0. The average Bonchev–Trinajstić information content (AvgIpc) is 2.71. The highest BCUT2D eigenvalue weighted by Crippen LogP contribution is 2.25. The van der Waals surface area contributed by atoms with E-state index in [1.807, 2.05) is 32.0 Å². The maximum absolute atomic E-state index is 12.4. The number of nitrogens with one attached hydrogen (secondary N) is 1. The number of carbonyl (C=O) groups excluding carboxylic acids is 2. The summed E-state index contributed by atoms with van der Waals surface area (Å²) in [4.78, 5) is 28.3. The Hall–Kier alpha value is -1.74. The number of carbonyl (C=O) groups is 2.